The van der Waals surface area contributed by atoms with Gasteiger partial charge in [0.2, 0.25) is 0 Å². The Labute approximate surface area is 108 Å². The van der Waals surface area contributed by atoms with Crippen LogP contribution in [0.4, 0.5) is 0 Å². The van der Waals surface area contributed by atoms with Crippen LogP contribution in [0, 0.1) is 19.8 Å². The molecule has 0 spiro atoms. The minimum absolute atomic E-state index is 0.126. The van der Waals surface area contributed by atoms with Crippen LogP contribution in [0.1, 0.15) is 29.5 Å². The predicted molar refractivity (Wildman–Crippen MR) is 71.9 cm³/mol. The summed E-state index contributed by atoms with van der Waals surface area (Å²) in [5.74, 6) is -0.817. The van der Waals surface area contributed by atoms with E-state index in [1.54, 1.807) is 0 Å². The van der Waals surface area contributed by atoms with Gasteiger partial charge in [0.25, 0.3) is 0 Å². The number of hydrogen-bond acceptors (Lipinski definition) is 2. The first kappa shape index (κ1) is 13.1. The average Bonchev–Trinajstić information content (AvgIpc) is 2.71. The van der Waals surface area contributed by atoms with Gasteiger partial charge in [-0.15, -0.1) is 0 Å². The number of nitrogens with zero attached hydrogens (tertiary/aromatic N) is 1. The van der Waals surface area contributed by atoms with Gasteiger partial charge in [0.1, 0.15) is 0 Å². The molecule has 0 aliphatic carbocycles. The van der Waals surface area contributed by atoms with Crippen LogP contribution in [0.2, 0.25) is 0 Å². The van der Waals surface area contributed by atoms with Gasteiger partial charge in [-0.3, -0.25) is 4.79 Å². The van der Waals surface area contributed by atoms with E-state index in [2.05, 4.69) is 43.9 Å². The Balaban J connectivity index is 2.32. The molecule has 0 amide bonds. The molecule has 1 N–H and O–H groups in total. The molecule has 1 aromatic rings. The zero-order valence-electron chi connectivity index (χ0n) is 11.3. The second kappa shape index (κ2) is 5.11. The van der Waals surface area contributed by atoms with E-state index in [1.807, 2.05) is 0 Å². The number of carboxylic acids is 1. The average molecular weight is 247 g/mol. The summed E-state index contributed by atoms with van der Waals surface area (Å²) in [6.45, 7) is 8.67. The van der Waals surface area contributed by atoms with Gasteiger partial charge >= 0.3 is 5.97 Å². The van der Waals surface area contributed by atoms with Crippen molar-refractivity contribution in [1.29, 1.82) is 0 Å². The number of aliphatic carboxylic acids is 1. The molecule has 1 aliphatic rings. The van der Waals surface area contributed by atoms with Crippen LogP contribution in [0.3, 0.4) is 0 Å². The molecule has 2 rings (SSSR count). The van der Waals surface area contributed by atoms with E-state index < -0.39 is 5.97 Å². The molecule has 0 aromatic heterocycles. The van der Waals surface area contributed by atoms with Crippen LogP contribution < -0.4 is 0 Å². The zero-order valence-corrected chi connectivity index (χ0v) is 11.3. The van der Waals surface area contributed by atoms with E-state index in [0.29, 0.717) is 6.54 Å². The molecule has 2 atom stereocenters. The maximum atomic E-state index is 11.4. The molecule has 1 aliphatic heterocycles. The molecule has 0 saturated carbocycles. The minimum atomic E-state index is -0.671. The van der Waals surface area contributed by atoms with Crippen LogP contribution in [-0.2, 0) is 4.79 Å². The first-order chi connectivity index (χ1) is 8.51. The summed E-state index contributed by atoms with van der Waals surface area (Å²) in [6.07, 6.45) is 0. The second-order valence-electron chi connectivity index (χ2n) is 5.32. The third-order valence-corrected chi connectivity index (χ3v) is 3.83. The lowest BCUT2D eigenvalue weighted by molar-refractivity contribution is -0.141. The Kier molecular flexibility index (Phi) is 3.71. The summed E-state index contributed by atoms with van der Waals surface area (Å²) in [4.78, 5) is 13.6. The summed E-state index contributed by atoms with van der Waals surface area (Å²) < 4.78 is 0. The smallest absolute Gasteiger partial charge is 0.308 e. The van der Waals surface area contributed by atoms with E-state index in [9.17, 15) is 9.90 Å². The molecular weight excluding hydrogens is 226 g/mol. The summed E-state index contributed by atoms with van der Waals surface area (Å²) >= 11 is 0. The molecule has 1 heterocycles. The number of carboxylic acid groups (broad SMARTS) is 1. The van der Waals surface area contributed by atoms with Gasteiger partial charge in [-0.1, -0.05) is 36.2 Å². The SMILES string of the molecule is CCN1CC(C(=O)O)C(c2cc(C)cc(C)c2)C1. The molecule has 1 saturated heterocycles. The van der Waals surface area contributed by atoms with Crippen molar-refractivity contribution < 1.29 is 9.90 Å². The van der Waals surface area contributed by atoms with E-state index in [1.165, 1.54) is 16.7 Å². The van der Waals surface area contributed by atoms with Crippen molar-refractivity contribution in [2.24, 2.45) is 5.92 Å². The lowest BCUT2D eigenvalue weighted by Crippen LogP contribution is -2.23. The first-order valence-electron chi connectivity index (χ1n) is 6.54. The summed E-state index contributed by atoms with van der Waals surface area (Å²) in [7, 11) is 0. The third-order valence-electron chi connectivity index (χ3n) is 3.83. The van der Waals surface area contributed by atoms with Gasteiger partial charge in [0.15, 0.2) is 0 Å². The molecule has 3 nitrogen and oxygen atoms in total. The van der Waals surface area contributed by atoms with Crippen molar-refractivity contribution in [2.75, 3.05) is 19.6 Å². The fraction of sp³-hybridized carbons (Fsp3) is 0.533. The number of likely N-dealkylation sites (N-methyl/N-ethyl adjacent to an activating group) is 1. The second-order valence-corrected chi connectivity index (χ2v) is 5.32. The van der Waals surface area contributed by atoms with Gasteiger partial charge in [-0.05, 0) is 26.0 Å². The van der Waals surface area contributed by atoms with Crippen molar-refractivity contribution in [3.63, 3.8) is 0 Å². The van der Waals surface area contributed by atoms with Gasteiger partial charge in [-0.2, -0.15) is 0 Å². The molecule has 98 valence electrons. The molecule has 3 heteroatoms. The predicted octanol–water partition coefficient (Wildman–Crippen LogP) is 2.42. The Hall–Kier alpha value is -1.35. The molecule has 0 radical (unpaired) electrons. The molecule has 0 bridgehead atoms. The zero-order chi connectivity index (χ0) is 13.3. The van der Waals surface area contributed by atoms with Crippen molar-refractivity contribution in [3.05, 3.63) is 34.9 Å². The number of aryl methyl sites for hydroxylation is 2. The van der Waals surface area contributed by atoms with Gasteiger partial charge in [0.05, 0.1) is 5.92 Å². The van der Waals surface area contributed by atoms with E-state index in [4.69, 9.17) is 0 Å². The normalized spacial score (nSPS) is 24.4. The molecule has 2 unspecified atom stereocenters. The van der Waals surface area contributed by atoms with Gasteiger partial charge in [-0.25, -0.2) is 0 Å². The molecule has 1 fully saturated rings. The Morgan fingerprint density at radius 3 is 2.39 bits per heavy atom. The fourth-order valence-electron chi connectivity index (χ4n) is 2.96. The Morgan fingerprint density at radius 2 is 1.89 bits per heavy atom. The third kappa shape index (κ3) is 2.56. The number of likely N-dealkylation sites (tertiary alicyclic amines) is 1. The van der Waals surface area contributed by atoms with Crippen LogP contribution in [-0.4, -0.2) is 35.6 Å². The lowest BCUT2D eigenvalue weighted by Gasteiger charge is -2.16. The van der Waals surface area contributed by atoms with E-state index in [0.717, 1.165) is 13.1 Å². The number of carbonyl (C=O) groups is 1. The van der Waals surface area contributed by atoms with Gasteiger partial charge in [0, 0.05) is 19.0 Å². The largest absolute Gasteiger partial charge is 0.481 e. The summed E-state index contributed by atoms with van der Waals surface area (Å²) in [6, 6.07) is 6.39. The van der Waals surface area contributed by atoms with Crippen LogP contribution in [0.5, 0.6) is 0 Å². The molecule has 1 aromatic carbocycles. The first-order valence-corrected chi connectivity index (χ1v) is 6.54. The minimum Gasteiger partial charge on any atom is -0.481 e. The monoisotopic (exact) mass is 247 g/mol. The summed E-state index contributed by atoms with van der Waals surface area (Å²) in [5.41, 5.74) is 3.60. The number of rotatable bonds is 3. The summed E-state index contributed by atoms with van der Waals surface area (Å²) in [5, 5.41) is 9.37. The fourth-order valence-corrected chi connectivity index (χ4v) is 2.96. The lowest BCUT2D eigenvalue weighted by atomic mass is 9.87. The topological polar surface area (TPSA) is 40.5 Å². The Morgan fingerprint density at radius 1 is 1.28 bits per heavy atom. The highest BCUT2D eigenvalue weighted by molar-refractivity contribution is 5.72. The van der Waals surface area contributed by atoms with Crippen LogP contribution in [0.25, 0.3) is 0 Å². The number of benzene rings is 1. The standard InChI is InChI=1S/C15H21NO2/c1-4-16-8-13(14(9-16)15(17)18)12-6-10(2)5-11(3)7-12/h5-7,13-14H,4,8-9H2,1-3H3,(H,17,18). The highest BCUT2D eigenvalue weighted by atomic mass is 16.4. The maximum absolute atomic E-state index is 11.4. The van der Waals surface area contributed by atoms with Crippen molar-refractivity contribution in [1.82, 2.24) is 4.90 Å². The maximum Gasteiger partial charge on any atom is 0.308 e. The van der Waals surface area contributed by atoms with E-state index >= 15 is 0 Å². The highest BCUT2D eigenvalue weighted by Gasteiger charge is 2.37. The molecular formula is C15H21NO2. The Bertz CT molecular complexity index is 436. The van der Waals surface area contributed by atoms with Crippen LogP contribution in [0.15, 0.2) is 18.2 Å². The van der Waals surface area contributed by atoms with E-state index in [-0.39, 0.29) is 11.8 Å². The van der Waals surface area contributed by atoms with Crippen molar-refractivity contribution in [2.45, 2.75) is 26.7 Å². The van der Waals surface area contributed by atoms with Crippen molar-refractivity contribution in [3.8, 4) is 0 Å². The number of hydrogen-bond donors (Lipinski definition) is 1. The highest BCUT2D eigenvalue weighted by Crippen LogP contribution is 2.33. The van der Waals surface area contributed by atoms with Gasteiger partial charge < -0.3 is 10.0 Å². The van der Waals surface area contributed by atoms with Crippen LogP contribution >= 0.6 is 0 Å². The quantitative estimate of drug-likeness (QED) is 0.891. The molecule has 18 heavy (non-hydrogen) atoms. The van der Waals surface area contributed by atoms with Crippen molar-refractivity contribution >= 4 is 5.97 Å².